The quantitative estimate of drug-likeness (QED) is 0.663. The van der Waals surface area contributed by atoms with E-state index in [0.29, 0.717) is 22.2 Å². The number of aromatic nitrogens is 1. The fourth-order valence-electron chi connectivity index (χ4n) is 4.11. The normalized spacial score (nSPS) is 17.6. The average molecular weight is 417 g/mol. The maximum absolute atomic E-state index is 12.6. The molecule has 0 bridgehead atoms. The number of H-pyrrole nitrogens is 1. The summed E-state index contributed by atoms with van der Waals surface area (Å²) in [5, 5.41) is 5.44. The third kappa shape index (κ3) is 3.19. The third-order valence-electron chi connectivity index (χ3n) is 5.37. The van der Waals surface area contributed by atoms with Gasteiger partial charge in [-0.25, -0.2) is 0 Å². The van der Waals surface area contributed by atoms with E-state index in [-0.39, 0.29) is 18.7 Å². The van der Waals surface area contributed by atoms with E-state index in [1.807, 2.05) is 24.3 Å². The number of hydrogen-bond donors (Lipinski definition) is 2. The highest BCUT2D eigenvalue weighted by molar-refractivity contribution is 6.38. The highest BCUT2D eigenvalue weighted by atomic mass is 35.5. The van der Waals surface area contributed by atoms with Crippen LogP contribution >= 0.6 is 23.2 Å². The zero-order valence-corrected chi connectivity index (χ0v) is 16.5. The second kappa shape index (κ2) is 6.90. The molecule has 0 spiro atoms. The van der Waals surface area contributed by atoms with Gasteiger partial charge in [-0.05, 0) is 54.7 Å². The van der Waals surface area contributed by atoms with E-state index in [4.69, 9.17) is 32.7 Å². The van der Waals surface area contributed by atoms with Gasteiger partial charge in [-0.15, -0.1) is 0 Å². The van der Waals surface area contributed by atoms with Crippen molar-refractivity contribution < 1.29 is 14.3 Å². The van der Waals surface area contributed by atoms with Crippen LogP contribution in [0.4, 0.5) is 0 Å². The van der Waals surface area contributed by atoms with Crippen molar-refractivity contribution >= 4 is 40.0 Å². The van der Waals surface area contributed by atoms with Crippen molar-refractivity contribution in [3.8, 4) is 11.5 Å². The van der Waals surface area contributed by atoms with Crippen LogP contribution in [0, 0.1) is 0 Å². The number of carbonyl (C=O) groups is 1. The molecule has 2 N–H and O–H groups in total. The predicted molar refractivity (Wildman–Crippen MR) is 109 cm³/mol. The Hall–Kier alpha value is -2.37. The number of rotatable bonds is 3. The molecule has 5 rings (SSSR count). The van der Waals surface area contributed by atoms with Crippen LogP contribution in [-0.4, -0.2) is 23.7 Å². The summed E-state index contributed by atoms with van der Waals surface area (Å²) < 4.78 is 10.7. The second-order valence-corrected chi connectivity index (χ2v) is 8.11. The van der Waals surface area contributed by atoms with Gasteiger partial charge in [0.25, 0.3) is 0 Å². The standard InChI is InChI=1S/C21H18Cl2N2O3/c22-12-7-15(23)21-14-9-13(2-3-16(14)25-17(21)8-12)24-20(26)6-11-1-4-18-19(5-11)28-10-27-18/h1,4-5,7-8,13,25H,2-3,6,9-10H2,(H,24,26)/t13-/m0/s1. The molecule has 28 heavy (non-hydrogen) atoms. The molecule has 0 saturated carbocycles. The van der Waals surface area contributed by atoms with E-state index in [9.17, 15) is 4.79 Å². The fraction of sp³-hybridized carbons (Fsp3) is 0.286. The first-order valence-electron chi connectivity index (χ1n) is 9.23. The van der Waals surface area contributed by atoms with Gasteiger partial charge in [-0.2, -0.15) is 0 Å². The van der Waals surface area contributed by atoms with Crippen LogP contribution in [0.5, 0.6) is 11.5 Å². The van der Waals surface area contributed by atoms with Gasteiger partial charge in [0.2, 0.25) is 12.7 Å². The summed E-state index contributed by atoms with van der Waals surface area (Å²) in [6, 6.07) is 9.35. The Labute approximate surface area is 171 Å². The van der Waals surface area contributed by atoms with Crippen LogP contribution < -0.4 is 14.8 Å². The third-order valence-corrected chi connectivity index (χ3v) is 5.88. The van der Waals surface area contributed by atoms with Gasteiger partial charge in [0.1, 0.15) is 0 Å². The lowest BCUT2D eigenvalue weighted by atomic mass is 9.91. The van der Waals surface area contributed by atoms with Gasteiger partial charge in [0.15, 0.2) is 11.5 Å². The van der Waals surface area contributed by atoms with Crippen molar-refractivity contribution in [2.75, 3.05) is 6.79 Å². The monoisotopic (exact) mass is 416 g/mol. The maximum atomic E-state index is 12.6. The van der Waals surface area contributed by atoms with Crippen LogP contribution in [0.2, 0.25) is 10.0 Å². The Kier molecular flexibility index (Phi) is 4.37. The first-order valence-corrected chi connectivity index (χ1v) is 9.99. The minimum absolute atomic E-state index is 0.00120. The van der Waals surface area contributed by atoms with Crippen LogP contribution in [0.25, 0.3) is 10.9 Å². The Morgan fingerprint density at radius 2 is 2.04 bits per heavy atom. The zero-order valence-electron chi connectivity index (χ0n) is 15.0. The Balaban J connectivity index is 1.30. The molecule has 1 aliphatic carbocycles. The van der Waals surface area contributed by atoms with Crippen molar-refractivity contribution in [1.29, 1.82) is 0 Å². The first-order chi connectivity index (χ1) is 13.6. The zero-order chi connectivity index (χ0) is 19.3. The van der Waals surface area contributed by atoms with Gasteiger partial charge >= 0.3 is 0 Å². The first kappa shape index (κ1) is 17.7. The number of hydrogen-bond acceptors (Lipinski definition) is 3. The molecule has 3 aromatic rings. The number of aryl methyl sites for hydroxylation is 1. The number of ether oxygens (including phenoxy) is 2. The second-order valence-electron chi connectivity index (χ2n) is 7.26. The minimum atomic E-state index is 0.00120. The number of fused-ring (bicyclic) bond motifs is 4. The summed E-state index contributed by atoms with van der Waals surface area (Å²) in [5.41, 5.74) is 4.22. The number of aromatic amines is 1. The van der Waals surface area contributed by atoms with Gasteiger partial charge in [0.05, 0.1) is 11.4 Å². The van der Waals surface area contributed by atoms with Crippen LogP contribution in [0.15, 0.2) is 30.3 Å². The fourth-order valence-corrected chi connectivity index (χ4v) is 4.72. The van der Waals surface area contributed by atoms with Crippen molar-refractivity contribution in [2.24, 2.45) is 0 Å². The molecule has 1 aliphatic heterocycles. The predicted octanol–water partition coefficient (Wildman–Crippen LogP) is 4.42. The van der Waals surface area contributed by atoms with E-state index in [1.54, 1.807) is 6.07 Å². The van der Waals surface area contributed by atoms with Gasteiger partial charge < -0.3 is 19.8 Å². The lowest BCUT2D eigenvalue weighted by Gasteiger charge is -2.24. The van der Waals surface area contributed by atoms with Crippen molar-refractivity contribution in [1.82, 2.24) is 10.3 Å². The molecule has 2 aliphatic rings. The molecule has 144 valence electrons. The maximum Gasteiger partial charge on any atom is 0.231 e. The van der Waals surface area contributed by atoms with Crippen molar-refractivity contribution in [3.05, 3.63) is 57.2 Å². The Bertz CT molecular complexity index is 1090. The number of amides is 1. The summed E-state index contributed by atoms with van der Waals surface area (Å²) in [5.74, 6) is 1.42. The van der Waals surface area contributed by atoms with Gasteiger partial charge in [0, 0.05) is 27.7 Å². The Morgan fingerprint density at radius 1 is 1.18 bits per heavy atom. The van der Waals surface area contributed by atoms with Gasteiger partial charge in [-0.1, -0.05) is 29.3 Å². The van der Waals surface area contributed by atoms with Crippen LogP contribution in [0.3, 0.4) is 0 Å². The highest BCUT2D eigenvalue weighted by Crippen LogP contribution is 2.36. The molecule has 2 aromatic carbocycles. The number of carbonyl (C=O) groups excluding carboxylic acids is 1. The largest absolute Gasteiger partial charge is 0.454 e. The summed E-state index contributed by atoms with van der Waals surface area (Å²) >= 11 is 12.6. The van der Waals surface area contributed by atoms with Crippen molar-refractivity contribution in [2.45, 2.75) is 31.7 Å². The summed E-state index contributed by atoms with van der Waals surface area (Å²) in [6.45, 7) is 0.230. The van der Waals surface area contributed by atoms with Crippen LogP contribution in [-0.2, 0) is 24.1 Å². The van der Waals surface area contributed by atoms with E-state index < -0.39 is 0 Å². The molecular formula is C21H18Cl2N2O3. The summed E-state index contributed by atoms with van der Waals surface area (Å²) in [7, 11) is 0. The molecule has 2 heterocycles. The molecule has 1 aromatic heterocycles. The van der Waals surface area contributed by atoms with Crippen LogP contribution in [0.1, 0.15) is 23.2 Å². The number of nitrogens with one attached hydrogen (secondary N) is 2. The van der Waals surface area contributed by atoms with E-state index in [1.165, 1.54) is 11.3 Å². The smallest absolute Gasteiger partial charge is 0.231 e. The SMILES string of the molecule is O=C(Cc1ccc2c(c1)OCO2)N[C@H]1CCc2[nH]c3cc(Cl)cc(Cl)c3c2C1. The molecule has 0 unspecified atom stereocenters. The molecule has 0 fully saturated rings. The molecule has 7 heteroatoms. The Morgan fingerprint density at radius 3 is 2.93 bits per heavy atom. The summed E-state index contributed by atoms with van der Waals surface area (Å²) in [6.07, 6.45) is 2.82. The highest BCUT2D eigenvalue weighted by Gasteiger charge is 2.25. The minimum Gasteiger partial charge on any atom is -0.454 e. The van der Waals surface area contributed by atoms with E-state index in [0.717, 1.165) is 41.5 Å². The van der Waals surface area contributed by atoms with E-state index in [2.05, 4.69) is 10.3 Å². The van der Waals surface area contributed by atoms with Crippen molar-refractivity contribution in [3.63, 3.8) is 0 Å². The molecule has 0 radical (unpaired) electrons. The lowest BCUT2D eigenvalue weighted by molar-refractivity contribution is -0.121. The average Bonchev–Trinajstić information content (AvgIpc) is 3.24. The molecule has 1 amide bonds. The lowest BCUT2D eigenvalue weighted by Crippen LogP contribution is -2.39. The summed E-state index contributed by atoms with van der Waals surface area (Å²) in [4.78, 5) is 16.0. The molecule has 5 nitrogen and oxygen atoms in total. The molecule has 0 saturated heterocycles. The van der Waals surface area contributed by atoms with Gasteiger partial charge in [-0.3, -0.25) is 4.79 Å². The molecular weight excluding hydrogens is 399 g/mol. The number of halogens is 2. The number of benzene rings is 2. The molecule has 1 atom stereocenters. The van der Waals surface area contributed by atoms with E-state index >= 15 is 0 Å². The topological polar surface area (TPSA) is 63.4 Å².